The Kier molecular flexibility index (Phi) is 8.95. The number of unbranched alkanes of at least 4 members (excludes halogenated alkanes) is 2. The van der Waals surface area contributed by atoms with Crippen molar-refractivity contribution in [3.63, 3.8) is 0 Å². The summed E-state index contributed by atoms with van der Waals surface area (Å²) in [6.45, 7) is 1.37. The van der Waals surface area contributed by atoms with Gasteiger partial charge >= 0.3 is 12.0 Å². The van der Waals surface area contributed by atoms with Gasteiger partial charge in [0.2, 0.25) is 0 Å². The number of carbonyl (C=O) groups is 2. The molecular weight excluding hydrogens is 332 g/mol. The molecule has 2 aliphatic rings. The zero-order valence-electron chi connectivity index (χ0n) is 16.0. The van der Waals surface area contributed by atoms with E-state index in [1.165, 1.54) is 32.4 Å². The molecule has 0 aromatic rings. The number of carbonyl (C=O) groups excluding carboxylic acids is 2. The molecule has 148 valence electrons. The number of hydrogen-bond acceptors (Lipinski definition) is 4. The summed E-state index contributed by atoms with van der Waals surface area (Å²) < 4.78 is 4.54. The molecule has 0 aromatic heterocycles. The molecule has 2 N–H and O–H groups in total. The minimum absolute atomic E-state index is 0.00330. The maximum absolute atomic E-state index is 12.1. The Labute approximate surface area is 157 Å². The molecular formula is C20H34N2O4. The maximum atomic E-state index is 12.1. The fourth-order valence-electron chi connectivity index (χ4n) is 3.96. The summed E-state index contributed by atoms with van der Waals surface area (Å²) in [6.07, 6.45) is 13.5. The summed E-state index contributed by atoms with van der Waals surface area (Å²) in [7, 11) is 1.37. The first kappa shape index (κ1) is 20.7. The van der Waals surface area contributed by atoms with E-state index in [1.807, 2.05) is 11.0 Å². The van der Waals surface area contributed by atoms with Crippen LogP contribution in [0, 0.1) is 5.92 Å². The predicted octanol–water partition coefficient (Wildman–Crippen LogP) is 3.00. The first-order valence-corrected chi connectivity index (χ1v) is 10.1. The lowest BCUT2D eigenvalue weighted by molar-refractivity contribution is -0.134. The van der Waals surface area contributed by atoms with Crippen molar-refractivity contribution in [2.45, 2.75) is 76.4 Å². The van der Waals surface area contributed by atoms with Crippen LogP contribution in [0.4, 0.5) is 4.79 Å². The number of urea groups is 1. The van der Waals surface area contributed by atoms with Gasteiger partial charge in [0.25, 0.3) is 0 Å². The van der Waals surface area contributed by atoms with E-state index < -0.39 is 0 Å². The normalized spacial score (nSPS) is 22.6. The summed E-state index contributed by atoms with van der Waals surface area (Å²) in [6, 6.07) is 0.190. The Morgan fingerprint density at radius 1 is 1.35 bits per heavy atom. The molecule has 1 saturated heterocycles. The Bertz CT molecular complexity index is 474. The number of methoxy groups -OCH3 is 1. The minimum Gasteiger partial charge on any atom is -0.466 e. The summed E-state index contributed by atoms with van der Waals surface area (Å²) in [5.41, 5.74) is 0. The third kappa shape index (κ3) is 6.98. The van der Waals surface area contributed by atoms with Gasteiger partial charge in [0, 0.05) is 25.2 Å². The van der Waals surface area contributed by atoms with Gasteiger partial charge in [-0.2, -0.15) is 0 Å². The van der Waals surface area contributed by atoms with E-state index in [1.54, 1.807) is 0 Å². The smallest absolute Gasteiger partial charge is 0.330 e. The van der Waals surface area contributed by atoms with Crippen LogP contribution in [0.15, 0.2) is 12.2 Å². The van der Waals surface area contributed by atoms with Crippen molar-refractivity contribution in [2.75, 3.05) is 20.2 Å². The molecule has 1 aliphatic carbocycles. The van der Waals surface area contributed by atoms with Gasteiger partial charge in [-0.1, -0.05) is 31.8 Å². The van der Waals surface area contributed by atoms with Crippen molar-refractivity contribution in [1.29, 1.82) is 0 Å². The van der Waals surface area contributed by atoms with Crippen LogP contribution in [-0.2, 0) is 9.53 Å². The minimum atomic E-state index is -0.320. The van der Waals surface area contributed by atoms with E-state index in [0.29, 0.717) is 18.9 Å². The highest BCUT2D eigenvalue weighted by Gasteiger charge is 2.29. The first-order chi connectivity index (χ1) is 12.6. The largest absolute Gasteiger partial charge is 0.466 e. The molecule has 2 fully saturated rings. The zero-order valence-corrected chi connectivity index (χ0v) is 16.0. The summed E-state index contributed by atoms with van der Waals surface area (Å²) in [5.74, 6) is 0.0994. The average Bonchev–Trinajstić information content (AvgIpc) is 3.02. The Morgan fingerprint density at radius 3 is 2.85 bits per heavy atom. The van der Waals surface area contributed by atoms with Crippen LogP contribution in [0.2, 0.25) is 0 Å². The van der Waals surface area contributed by atoms with Crippen LogP contribution >= 0.6 is 0 Å². The SMILES string of the molecule is COC(=O)C=CCCCCC1CN(CCC(O)C2CCCCC2)C(=O)N1. The third-order valence-electron chi connectivity index (χ3n) is 5.57. The van der Waals surface area contributed by atoms with Crippen LogP contribution in [0.3, 0.4) is 0 Å². The molecule has 2 amide bonds. The second-order valence-electron chi connectivity index (χ2n) is 7.56. The van der Waals surface area contributed by atoms with Gasteiger partial charge in [-0.15, -0.1) is 0 Å². The number of allylic oxidation sites excluding steroid dienone is 1. The topological polar surface area (TPSA) is 78.9 Å². The third-order valence-corrected chi connectivity index (χ3v) is 5.57. The van der Waals surface area contributed by atoms with Crippen molar-refractivity contribution < 1.29 is 19.4 Å². The molecule has 0 spiro atoms. The standard InChI is InChI=1S/C20H34N2O4/c1-26-19(24)12-8-3-2-7-11-17-15-22(20(25)21-17)14-13-18(23)16-9-5-4-6-10-16/h8,12,16-18,23H,2-7,9-11,13-15H2,1H3,(H,21,25). The Morgan fingerprint density at radius 2 is 2.12 bits per heavy atom. The van der Waals surface area contributed by atoms with E-state index in [-0.39, 0.29) is 24.1 Å². The van der Waals surface area contributed by atoms with Crippen LogP contribution < -0.4 is 5.32 Å². The summed E-state index contributed by atoms with van der Waals surface area (Å²) in [5, 5.41) is 13.4. The van der Waals surface area contributed by atoms with E-state index >= 15 is 0 Å². The molecule has 0 aromatic carbocycles. The van der Waals surface area contributed by atoms with Crippen LogP contribution in [0.5, 0.6) is 0 Å². The van der Waals surface area contributed by atoms with Crippen molar-refractivity contribution in [2.24, 2.45) is 5.92 Å². The van der Waals surface area contributed by atoms with Crippen molar-refractivity contribution in [3.05, 3.63) is 12.2 Å². The van der Waals surface area contributed by atoms with Crippen LogP contribution in [-0.4, -0.2) is 54.4 Å². The maximum Gasteiger partial charge on any atom is 0.330 e. The number of esters is 1. The summed E-state index contributed by atoms with van der Waals surface area (Å²) >= 11 is 0. The number of hydrogen-bond donors (Lipinski definition) is 2. The molecule has 1 saturated carbocycles. The molecule has 2 atom stereocenters. The van der Waals surface area contributed by atoms with Gasteiger partial charge < -0.3 is 20.1 Å². The highest BCUT2D eigenvalue weighted by Crippen LogP contribution is 2.28. The molecule has 6 heteroatoms. The number of ether oxygens (including phenoxy) is 1. The Balaban J connectivity index is 1.58. The highest BCUT2D eigenvalue weighted by atomic mass is 16.5. The van der Waals surface area contributed by atoms with Crippen molar-refractivity contribution in [3.8, 4) is 0 Å². The fourth-order valence-corrected chi connectivity index (χ4v) is 3.96. The molecule has 2 rings (SSSR count). The highest BCUT2D eigenvalue weighted by molar-refractivity contribution is 5.81. The van der Waals surface area contributed by atoms with Gasteiger partial charge in [-0.3, -0.25) is 0 Å². The first-order valence-electron chi connectivity index (χ1n) is 10.1. The lowest BCUT2D eigenvalue weighted by Gasteiger charge is -2.27. The Hall–Kier alpha value is -1.56. The molecule has 0 bridgehead atoms. The number of aliphatic hydroxyl groups excluding tert-OH is 1. The number of nitrogens with zero attached hydrogens (tertiary/aromatic N) is 1. The molecule has 1 aliphatic heterocycles. The number of nitrogens with one attached hydrogen (secondary N) is 1. The van der Waals surface area contributed by atoms with E-state index in [4.69, 9.17) is 0 Å². The van der Waals surface area contributed by atoms with Gasteiger partial charge in [0.05, 0.1) is 13.2 Å². The quantitative estimate of drug-likeness (QED) is 0.354. The number of rotatable bonds is 10. The van der Waals surface area contributed by atoms with E-state index in [0.717, 1.165) is 45.1 Å². The monoisotopic (exact) mass is 366 g/mol. The summed E-state index contributed by atoms with van der Waals surface area (Å²) in [4.78, 5) is 24.9. The van der Waals surface area contributed by atoms with Gasteiger partial charge in [-0.25, -0.2) is 9.59 Å². The van der Waals surface area contributed by atoms with E-state index in [2.05, 4.69) is 10.1 Å². The molecule has 2 unspecified atom stereocenters. The lowest BCUT2D eigenvalue weighted by atomic mass is 9.84. The zero-order chi connectivity index (χ0) is 18.8. The second kappa shape index (κ2) is 11.2. The number of amides is 2. The van der Waals surface area contributed by atoms with E-state index in [9.17, 15) is 14.7 Å². The fraction of sp³-hybridized carbons (Fsp3) is 0.800. The molecule has 26 heavy (non-hydrogen) atoms. The molecule has 6 nitrogen and oxygen atoms in total. The van der Waals surface area contributed by atoms with Crippen LogP contribution in [0.1, 0.15) is 64.2 Å². The van der Waals surface area contributed by atoms with Crippen LogP contribution in [0.25, 0.3) is 0 Å². The lowest BCUT2D eigenvalue weighted by Crippen LogP contribution is -2.33. The van der Waals surface area contributed by atoms with Gasteiger partial charge in [0.15, 0.2) is 0 Å². The van der Waals surface area contributed by atoms with Crippen molar-refractivity contribution in [1.82, 2.24) is 10.2 Å². The van der Waals surface area contributed by atoms with Gasteiger partial charge in [-0.05, 0) is 44.4 Å². The molecule has 1 heterocycles. The number of aliphatic hydroxyl groups is 1. The predicted molar refractivity (Wildman–Crippen MR) is 101 cm³/mol. The van der Waals surface area contributed by atoms with Crippen molar-refractivity contribution >= 4 is 12.0 Å². The van der Waals surface area contributed by atoms with Gasteiger partial charge in [0.1, 0.15) is 0 Å². The second-order valence-corrected chi connectivity index (χ2v) is 7.56. The molecule has 0 radical (unpaired) electrons. The average molecular weight is 367 g/mol.